The highest BCUT2D eigenvalue weighted by Crippen LogP contribution is 2.31. The molecule has 4 amide bonds. The van der Waals surface area contributed by atoms with Crippen LogP contribution in [0.25, 0.3) is 0 Å². The summed E-state index contributed by atoms with van der Waals surface area (Å²) in [5, 5.41) is 6.34. The van der Waals surface area contributed by atoms with Crippen LogP contribution in [0.1, 0.15) is 30.6 Å². The Labute approximate surface area is 164 Å². The summed E-state index contributed by atoms with van der Waals surface area (Å²) in [7, 11) is 0. The van der Waals surface area contributed by atoms with Crippen LogP contribution in [-0.2, 0) is 4.79 Å². The van der Waals surface area contributed by atoms with Gasteiger partial charge >= 0.3 is 6.03 Å². The first-order valence-corrected chi connectivity index (χ1v) is 9.53. The van der Waals surface area contributed by atoms with Gasteiger partial charge in [0.25, 0.3) is 5.91 Å². The number of carbonyl (C=O) groups is 3. The summed E-state index contributed by atoms with van der Waals surface area (Å²) in [6.07, 6.45) is 0.308. The second-order valence-electron chi connectivity index (χ2n) is 7.71. The molecule has 3 rings (SSSR count). The van der Waals surface area contributed by atoms with Crippen LogP contribution in [0.15, 0.2) is 24.3 Å². The van der Waals surface area contributed by atoms with Crippen molar-refractivity contribution < 1.29 is 14.4 Å². The number of urea groups is 1. The van der Waals surface area contributed by atoms with Crippen molar-refractivity contribution in [3.8, 4) is 0 Å². The zero-order valence-corrected chi connectivity index (χ0v) is 16.4. The lowest BCUT2D eigenvalue weighted by Gasteiger charge is -2.33. The van der Waals surface area contributed by atoms with Gasteiger partial charge in [-0.3, -0.25) is 9.59 Å². The molecule has 2 aliphatic rings. The molecule has 2 N–H and O–H groups in total. The summed E-state index contributed by atoms with van der Waals surface area (Å²) in [4.78, 5) is 40.9. The first-order chi connectivity index (χ1) is 12.8. The van der Waals surface area contributed by atoms with Crippen molar-refractivity contribution in [2.45, 2.75) is 26.3 Å². The van der Waals surface area contributed by atoms with Crippen molar-refractivity contribution in [3.63, 3.8) is 0 Å². The van der Waals surface area contributed by atoms with E-state index in [2.05, 4.69) is 10.6 Å². The van der Waals surface area contributed by atoms with Gasteiger partial charge in [-0.15, -0.1) is 0 Å². The van der Waals surface area contributed by atoms with Gasteiger partial charge in [-0.1, -0.05) is 11.6 Å². The second kappa shape index (κ2) is 7.76. The molecule has 2 heterocycles. The molecule has 2 fully saturated rings. The van der Waals surface area contributed by atoms with E-state index in [1.54, 1.807) is 34.1 Å². The SMILES string of the molecule is CC(C)NC(=O)N1CCN(C(=O)c2ccc(Cl)cc2)C[C@]2(CNC(=O)C2)C1. The summed E-state index contributed by atoms with van der Waals surface area (Å²) in [5.41, 5.74) is 0.0798. The van der Waals surface area contributed by atoms with Crippen LogP contribution in [0.2, 0.25) is 5.02 Å². The zero-order chi connectivity index (χ0) is 19.6. The number of amides is 4. The third-order valence-electron chi connectivity index (χ3n) is 4.97. The van der Waals surface area contributed by atoms with Crippen LogP contribution in [0.3, 0.4) is 0 Å². The molecule has 1 spiro atoms. The largest absolute Gasteiger partial charge is 0.355 e. The molecule has 1 aromatic rings. The standard InChI is InChI=1S/C19H25ClN4O3/c1-13(2)22-18(27)24-8-7-23(11-19(12-24)9-16(25)21-10-19)17(26)14-3-5-15(20)6-4-14/h3-6,13H,7-12H2,1-2H3,(H,21,25)(H,22,27)/t19-/m0/s1. The van der Waals surface area contributed by atoms with Crippen molar-refractivity contribution in [1.82, 2.24) is 20.4 Å². The van der Waals surface area contributed by atoms with Crippen LogP contribution in [0, 0.1) is 5.41 Å². The second-order valence-corrected chi connectivity index (χ2v) is 8.15. The highest BCUT2D eigenvalue weighted by molar-refractivity contribution is 6.30. The number of carbonyl (C=O) groups excluding carboxylic acids is 3. The molecule has 2 aliphatic heterocycles. The Bertz CT molecular complexity index is 737. The lowest BCUT2D eigenvalue weighted by molar-refractivity contribution is -0.119. The number of nitrogens with zero attached hydrogens (tertiary/aromatic N) is 2. The molecule has 1 aromatic carbocycles. The van der Waals surface area contributed by atoms with Gasteiger partial charge in [0, 0.05) is 61.2 Å². The van der Waals surface area contributed by atoms with Crippen molar-refractivity contribution in [2.24, 2.45) is 5.41 Å². The number of nitrogens with one attached hydrogen (secondary N) is 2. The maximum Gasteiger partial charge on any atom is 0.317 e. The molecule has 27 heavy (non-hydrogen) atoms. The molecular weight excluding hydrogens is 368 g/mol. The number of hydrogen-bond donors (Lipinski definition) is 2. The predicted octanol–water partition coefficient (Wildman–Crippen LogP) is 1.72. The first-order valence-electron chi connectivity index (χ1n) is 9.15. The van der Waals surface area contributed by atoms with Crippen LogP contribution >= 0.6 is 11.6 Å². The molecular formula is C19H25ClN4O3. The average Bonchev–Trinajstić information content (AvgIpc) is 2.85. The molecule has 0 bridgehead atoms. The molecule has 1 atom stereocenters. The minimum Gasteiger partial charge on any atom is -0.355 e. The molecule has 8 heteroatoms. The van der Waals surface area contributed by atoms with Crippen LogP contribution in [0.4, 0.5) is 4.79 Å². The molecule has 0 radical (unpaired) electrons. The number of rotatable bonds is 2. The minimum atomic E-state index is -0.468. The summed E-state index contributed by atoms with van der Waals surface area (Å²) in [5.74, 6) is -0.156. The Balaban J connectivity index is 1.82. The Morgan fingerprint density at radius 2 is 1.78 bits per heavy atom. The van der Waals surface area contributed by atoms with Crippen molar-refractivity contribution in [2.75, 3.05) is 32.7 Å². The minimum absolute atomic E-state index is 0.0202. The molecule has 0 aromatic heterocycles. The third-order valence-corrected chi connectivity index (χ3v) is 5.22. The fraction of sp³-hybridized carbons (Fsp3) is 0.526. The molecule has 0 saturated carbocycles. The Morgan fingerprint density at radius 1 is 1.15 bits per heavy atom. The van der Waals surface area contributed by atoms with Crippen molar-refractivity contribution in [1.29, 1.82) is 0 Å². The molecule has 0 aliphatic carbocycles. The van der Waals surface area contributed by atoms with Gasteiger partial charge in [0.05, 0.1) is 0 Å². The van der Waals surface area contributed by atoms with Gasteiger partial charge < -0.3 is 20.4 Å². The summed E-state index contributed by atoms with van der Waals surface area (Å²) < 4.78 is 0. The molecule has 0 unspecified atom stereocenters. The van der Waals surface area contributed by atoms with Gasteiger partial charge in [-0.2, -0.15) is 0 Å². The normalized spacial score (nSPS) is 22.7. The topological polar surface area (TPSA) is 81.8 Å². The predicted molar refractivity (Wildman–Crippen MR) is 103 cm³/mol. The van der Waals surface area contributed by atoms with Gasteiger partial charge in [0.15, 0.2) is 0 Å². The van der Waals surface area contributed by atoms with Gasteiger partial charge in [-0.25, -0.2) is 4.79 Å². The lowest BCUT2D eigenvalue weighted by atomic mass is 9.86. The first kappa shape index (κ1) is 19.5. The van der Waals surface area contributed by atoms with Crippen molar-refractivity contribution in [3.05, 3.63) is 34.9 Å². The van der Waals surface area contributed by atoms with Crippen LogP contribution < -0.4 is 10.6 Å². The fourth-order valence-corrected chi connectivity index (χ4v) is 3.82. The van der Waals surface area contributed by atoms with E-state index in [4.69, 9.17) is 11.6 Å². The van der Waals surface area contributed by atoms with Gasteiger partial charge in [0.1, 0.15) is 0 Å². The van der Waals surface area contributed by atoms with E-state index in [9.17, 15) is 14.4 Å². The van der Waals surface area contributed by atoms with Crippen LogP contribution in [-0.4, -0.2) is 66.4 Å². The highest BCUT2D eigenvalue weighted by atomic mass is 35.5. The van der Waals surface area contributed by atoms with Crippen molar-refractivity contribution >= 4 is 29.4 Å². The monoisotopic (exact) mass is 392 g/mol. The smallest absolute Gasteiger partial charge is 0.317 e. The molecule has 7 nitrogen and oxygen atoms in total. The van der Waals surface area contributed by atoms with Gasteiger partial charge in [0.2, 0.25) is 5.91 Å². The number of benzene rings is 1. The van der Waals surface area contributed by atoms with E-state index in [0.29, 0.717) is 49.7 Å². The average molecular weight is 393 g/mol. The summed E-state index contributed by atoms with van der Waals surface area (Å²) in [6.45, 7) is 5.98. The molecule has 2 saturated heterocycles. The fourth-order valence-electron chi connectivity index (χ4n) is 3.69. The molecule has 146 valence electrons. The summed E-state index contributed by atoms with van der Waals surface area (Å²) in [6, 6.07) is 6.63. The Kier molecular flexibility index (Phi) is 5.60. The number of hydrogen-bond acceptors (Lipinski definition) is 3. The van der Waals surface area contributed by atoms with Gasteiger partial charge in [-0.05, 0) is 38.1 Å². The quantitative estimate of drug-likeness (QED) is 0.804. The van der Waals surface area contributed by atoms with E-state index in [-0.39, 0.29) is 23.9 Å². The van der Waals surface area contributed by atoms with E-state index in [1.165, 1.54) is 0 Å². The van der Waals surface area contributed by atoms with E-state index in [0.717, 1.165) is 0 Å². The van der Waals surface area contributed by atoms with E-state index in [1.807, 2.05) is 13.8 Å². The van der Waals surface area contributed by atoms with E-state index < -0.39 is 5.41 Å². The summed E-state index contributed by atoms with van der Waals surface area (Å²) >= 11 is 5.92. The van der Waals surface area contributed by atoms with Crippen LogP contribution in [0.5, 0.6) is 0 Å². The Hall–Kier alpha value is -2.28. The van der Waals surface area contributed by atoms with E-state index >= 15 is 0 Å². The lowest BCUT2D eigenvalue weighted by Crippen LogP contribution is -2.48. The number of halogens is 1. The maximum absolute atomic E-state index is 13.0. The zero-order valence-electron chi connectivity index (χ0n) is 15.6. The third kappa shape index (κ3) is 4.53. The highest BCUT2D eigenvalue weighted by Gasteiger charge is 2.45. The maximum atomic E-state index is 13.0. The Morgan fingerprint density at radius 3 is 2.37 bits per heavy atom.